The molecule has 0 spiro atoms. The van der Waals surface area contributed by atoms with E-state index in [1.165, 1.54) is 5.56 Å². The van der Waals surface area contributed by atoms with Gasteiger partial charge in [-0.15, -0.1) is 0 Å². The maximum absolute atomic E-state index is 6.38. The summed E-state index contributed by atoms with van der Waals surface area (Å²) < 4.78 is 5.20. The molecule has 0 heterocycles. The summed E-state index contributed by atoms with van der Waals surface area (Å²) in [5.41, 5.74) is 1.17. The molecule has 1 atom stereocenters. The standard InChI is InChI=1S/C15H24ClNO/c1-5-11(6-2)15(17-7-3)13-9-8-12(18-4)10-14(13)16/h8-11,15,17H,5-7H2,1-4H3. The molecule has 0 aliphatic rings. The zero-order valence-corrected chi connectivity index (χ0v) is 12.6. The van der Waals surface area contributed by atoms with Gasteiger partial charge in [-0.1, -0.05) is 51.3 Å². The largest absolute Gasteiger partial charge is 0.497 e. The molecule has 1 aromatic carbocycles. The Balaban J connectivity index is 3.04. The van der Waals surface area contributed by atoms with Crippen LogP contribution >= 0.6 is 11.6 Å². The highest BCUT2D eigenvalue weighted by atomic mass is 35.5. The summed E-state index contributed by atoms with van der Waals surface area (Å²) in [4.78, 5) is 0. The average molecular weight is 270 g/mol. The molecule has 0 amide bonds. The van der Waals surface area contributed by atoms with Crippen LogP contribution in [0.15, 0.2) is 18.2 Å². The van der Waals surface area contributed by atoms with E-state index in [0.717, 1.165) is 30.2 Å². The zero-order chi connectivity index (χ0) is 13.5. The van der Waals surface area contributed by atoms with Crippen LogP contribution in [0.2, 0.25) is 5.02 Å². The third kappa shape index (κ3) is 3.63. The van der Waals surface area contributed by atoms with E-state index in [4.69, 9.17) is 16.3 Å². The van der Waals surface area contributed by atoms with Gasteiger partial charge in [-0.3, -0.25) is 0 Å². The molecule has 3 heteroatoms. The van der Waals surface area contributed by atoms with E-state index < -0.39 is 0 Å². The quantitative estimate of drug-likeness (QED) is 0.790. The number of hydrogen-bond donors (Lipinski definition) is 1. The lowest BCUT2D eigenvalue weighted by atomic mass is 9.88. The van der Waals surface area contributed by atoms with Crippen LogP contribution in [0.25, 0.3) is 0 Å². The minimum absolute atomic E-state index is 0.323. The van der Waals surface area contributed by atoms with Gasteiger partial charge in [-0.2, -0.15) is 0 Å². The van der Waals surface area contributed by atoms with Crippen molar-refractivity contribution in [3.8, 4) is 5.75 Å². The van der Waals surface area contributed by atoms with Gasteiger partial charge in [0.2, 0.25) is 0 Å². The van der Waals surface area contributed by atoms with Crippen molar-refractivity contribution < 1.29 is 4.74 Å². The Morgan fingerprint density at radius 1 is 1.22 bits per heavy atom. The van der Waals surface area contributed by atoms with Crippen LogP contribution in [-0.4, -0.2) is 13.7 Å². The van der Waals surface area contributed by atoms with Crippen molar-refractivity contribution in [2.24, 2.45) is 5.92 Å². The van der Waals surface area contributed by atoms with E-state index in [1.807, 2.05) is 12.1 Å². The summed E-state index contributed by atoms with van der Waals surface area (Å²) in [7, 11) is 1.66. The van der Waals surface area contributed by atoms with Crippen LogP contribution < -0.4 is 10.1 Å². The lowest BCUT2D eigenvalue weighted by Gasteiger charge is -2.27. The molecule has 1 N–H and O–H groups in total. The molecule has 0 aromatic heterocycles. The summed E-state index contributed by atoms with van der Waals surface area (Å²) >= 11 is 6.38. The molecule has 0 saturated heterocycles. The third-order valence-corrected chi connectivity index (χ3v) is 3.81. The number of nitrogens with one attached hydrogen (secondary N) is 1. The fourth-order valence-electron chi connectivity index (χ4n) is 2.40. The first kappa shape index (κ1) is 15.3. The second kappa shape index (κ2) is 7.65. The van der Waals surface area contributed by atoms with E-state index in [1.54, 1.807) is 7.11 Å². The van der Waals surface area contributed by atoms with Crippen LogP contribution in [0.4, 0.5) is 0 Å². The highest BCUT2D eigenvalue weighted by molar-refractivity contribution is 6.31. The van der Waals surface area contributed by atoms with E-state index >= 15 is 0 Å². The predicted molar refractivity (Wildman–Crippen MR) is 78.5 cm³/mol. The molecule has 1 aromatic rings. The Kier molecular flexibility index (Phi) is 6.51. The molecule has 18 heavy (non-hydrogen) atoms. The Morgan fingerprint density at radius 2 is 1.89 bits per heavy atom. The summed E-state index contributed by atoms with van der Waals surface area (Å²) in [6, 6.07) is 6.27. The topological polar surface area (TPSA) is 21.3 Å². The zero-order valence-electron chi connectivity index (χ0n) is 11.8. The Morgan fingerprint density at radius 3 is 2.33 bits per heavy atom. The lowest BCUT2D eigenvalue weighted by Crippen LogP contribution is -2.28. The van der Waals surface area contributed by atoms with Crippen LogP contribution in [0.1, 0.15) is 45.2 Å². The second-order valence-electron chi connectivity index (χ2n) is 4.50. The fraction of sp³-hybridized carbons (Fsp3) is 0.600. The molecule has 2 nitrogen and oxygen atoms in total. The van der Waals surface area contributed by atoms with Gasteiger partial charge in [0.25, 0.3) is 0 Å². The monoisotopic (exact) mass is 269 g/mol. The Labute approximate surface area is 116 Å². The summed E-state index contributed by atoms with van der Waals surface area (Å²) in [6.07, 6.45) is 2.30. The van der Waals surface area contributed by atoms with Crippen LogP contribution in [-0.2, 0) is 0 Å². The van der Waals surface area contributed by atoms with Crippen molar-refractivity contribution in [3.63, 3.8) is 0 Å². The molecule has 0 fully saturated rings. The molecule has 0 aliphatic heterocycles. The van der Waals surface area contributed by atoms with Crippen molar-refractivity contribution in [1.82, 2.24) is 5.32 Å². The highest BCUT2D eigenvalue weighted by Crippen LogP contribution is 2.33. The third-order valence-electron chi connectivity index (χ3n) is 3.49. The molecule has 0 bridgehead atoms. The first-order chi connectivity index (χ1) is 8.67. The van der Waals surface area contributed by atoms with Gasteiger partial charge in [-0.25, -0.2) is 0 Å². The maximum atomic E-state index is 6.38. The van der Waals surface area contributed by atoms with Gasteiger partial charge in [0.1, 0.15) is 5.75 Å². The van der Waals surface area contributed by atoms with Crippen LogP contribution in [0.5, 0.6) is 5.75 Å². The maximum Gasteiger partial charge on any atom is 0.120 e. The highest BCUT2D eigenvalue weighted by Gasteiger charge is 2.21. The Bertz CT molecular complexity index is 364. The first-order valence-electron chi connectivity index (χ1n) is 6.74. The fourth-order valence-corrected chi connectivity index (χ4v) is 2.69. The van der Waals surface area contributed by atoms with Gasteiger partial charge in [0, 0.05) is 11.1 Å². The molecule has 102 valence electrons. The average Bonchev–Trinajstić information content (AvgIpc) is 2.39. The normalized spacial score (nSPS) is 12.8. The van der Waals surface area contributed by atoms with E-state index in [2.05, 4.69) is 32.2 Å². The van der Waals surface area contributed by atoms with Crippen molar-refractivity contribution in [2.75, 3.05) is 13.7 Å². The number of ether oxygens (including phenoxy) is 1. The molecular weight excluding hydrogens is 246 g/mol. The number of benzene rings is 1. The predicted octanol–water partition coefficient (Wildman–Crippen LogP) is 4.44. The van der Waals surface area contributed by atoms with Crippen molar-refractivity contribution in [2.45, 2.75) is 39.7 Å². The molecule has 1 unspecified atom stereocenters. The van der Waals surface area contributed by atoms with Gasteiger partial charge < -0.3 is 10.1 Å². The van der Waals surface area contributed by atoms with Crippen LogP contribution in [0, 0.1) is 5.92 Å². The number of halogens is 1. The SMILES string of the molecule is CCNC(c1ccc(OC)cc1Cl)C(CC)CC. The minimum Gasteiger partial charge on any atom is -0.497 e. The molecule has 0 saturated carbocycles. The molecule has 1 rings (SSSR count). The van der Waals surface area contributed by atoms with Gasteiger partial charge in [0.15, 0.2) is 0 Å². The summed E-state index contributed by atoms with van der Waals surface area (Å²) in [5.74, 6) is 1.42. The smallest absolute Gasteiger partial charge is 0.120 e. The Hall–Kier alpha value is -0.730. The summed E-state index contributed by atoms with van der Waals surface area (Å²) in [5, 5.41) is 4.34. The lowest BCUT2D eigenvalue weighted by molar-refractivity contribution is 0.346. The number of rotatable bonds is 7. The van der Waals surface area contributed by atoms with Gasteiger partial charge >= 0.3 is 0 Å². The van der Waals surface area contributed by atoms with Crippen molar-refractivity contribution >= 4 is 11.6 Å². The number of hydrogen-bond acceptors (Lipinski definition) is 2. The van der Waals surface area contributed by atoms with Crippen LogP contribution in [0.3, 0.4) is 0 Å². The number of methoxy groups -OCH3 is 1. The van der Waals surface area contributed by atoms with Gasteiger partial charge in [0.05, 0.1) is 7.11 Å². The first-order valence-corrected chi connectivity index (χ1v) is 7.12. The van der Waals surface area contributed by atoms with E-state index in [0.29, 0.717) is 12.0 Å². The second-order valence-corrected chi connectivity index (χ2v) is 4.91. The molecule has 0 radical (unpaired) electrons. The minimum atomic E-state index is 0.323. The van der Waals surface area contributed by atoms with E-state index in [9.17, 15) is 0 Å². The molecule has 0 aliphatic carbocycles. The van der Waals surface area contributed by atoms with Gasteiger partial charge in [-0.05, 0) is 30.2 Å². The summed E-state index contributed by atoms with van der Waals surface area (Å²) in [6.45, 7) is 7.54. The molecular formula is C15H24ClNO. The van der Waals surface area contributed by atoms with Crippen molar-refractivity contribution in [1.29, 1.82) is 0 Å². The van der Waals surface area contributed by atoms with E-state index in [-0.39, 0.29) is 0 Å². The van der Waals surface area contributed by atoms with Crippen molar-refractivity contribution in [3.05, 3.63) is 28.8 Å².